The number of aromatic nitrogens is 2. The van der Waals surface area contributed by atoms with Crippen molar-refractivity contribution in [2.45, 2.75) is 58.7 Å². The van der Waals surface area contributed by atoms with Crippen LogP contribution in [0.1, 0.15) is 50.5 Å². The molecular formula is C24H34N4O4. The molecular weight excluding hydrogens is 408 g/mol. The van der Waals surface area contributed by atoms with Crippen LogP contribution in [0.4, 0.5) is 0 Å². The Labute approximate surface area is 188 Å². The Morgan fingerprint density at radius 1 is 1.22 bits per heavy atom. The van der Waals surface area contributed by atoms with E-state index in [1.54, 1.807) is 4.90 Å². The number of nitrogens with zero attached hydrogens (tertiary/aromatic N) is 3. The monoisotopic (exact) mass is 442 g/mol. The molecule has 8 heteroatoms. The molecule has 2 amide bonds. The second-order valence-corrected chi connectivity index (χ2v) is 10.1. The number of carbonyl (C=O) groups excluding carboxylic acids is 2. The van der Waals surface area contributed by atoms with E-state index in [9.17, 15) is 14.7 Å². The molecule has 3 heterocycles. The number of likely N-dealkylation sites (tertiary alicyclic amines) is 1. The largest absolute Gasteiger partial charge is 0.391 e. The molecule has 2 aliphatic heterocycles. The zero-order valence-corrected chi connectivity index (χ0v) is 19.2. The van der Waals surface area contributed by atoms with Crippen LogP contribution in [0.5, 0.6) is 0 Å². The SMILES string of the molecule is CC(C)(C)C(NC(=O)c1nn(CC2CCOCC2)c2ccccc12)C(=O)N1CCC(O)C1. The first kappa shape index (κ1) is 22.7. The van der Waals surface area contributed by atoms with Crippen LogP contribution < -0.4 is 5.32 Å². The predicted octanol–water partition coefficient (Wildman–Crippen LogP) is 2.20. The fourth-order valence-corrected chi connectivity index (χ4v) is 4.58. The van der Waals surface area contributed by atoms with Gasteiger partial charge in [0.2, 0.25) is 5.91 Å². The summed E-state index contributed by atoms with van der Waals surface area (Å²) >= 11 is 0. The molecule has 2 N–H and O–H groups in total. The van der Waals surface area contributed by atoms with Gasteiger partial charge in [-0.25, -0.2) is 0 Å². The Hall–Kier alpha value is -2.45. The molecule has 4 rings (SSSR count). The molecule has 1 aromatic heterocycles. The number of aliphatic hydroxyl groups excluding tert-OH is 1. The van der Waals surface area contributed by atoms with E-state index >= 15 is 0 Å². The van der Waals surface area contributed by atoms with Gasteiger partial charge in [0.15, 0.2) is 5.69 Å². The van der Waals surface area contributed by atoms with Crippen LogP contribution in [0.3, 0.4) is 0 Å². The summed E-state index contributed by atoms with van der Waals surface area (Å²) in [5.74, 6) is -0.0400. The van der Waals surface area contributed by atoms with Crippen LogP contribution in [-0.2, 0) is 16.1 Å². The molecule has 2 aliphatic rings. The Balaban J connectivity index is 1.58. The average Bonchev–Trinajstić information content (AvgIpc) is 3.35. The highest BCUT2D eigenvalue weighted by atomic mass is 16.5. The lowest BCUT2D eigenvalue weighted by Crippen LogP contribution is -2.54. The van der Waals surface area contributed by atoms with Gasteiger partial charge in [-0.1, -0.05) is 39.0 Å². The van der Waals surface area contributed by atoms with Crippen molar-refractivity contribution in [2.75, 3.05) is 26.3 Å². The first-order valence-electron chi connectivity index (χ1n) is 11.5. The molecule has 0 spiro atoms. The van der Waals surface area contributed by atoms with E-state index < -0.39 is 17.6 Å². The Morgan fingerprint density at radius 3 is 2.59 bits per heavy atom. The smallest absolute Gasteiger partial charge is 0.273 e. The number of hydrogen-bond acceptors (Lipinski definition) is 5. The average molecular weight is 443 g/mol. The number of fused-ring (bicyclic) bond motifs is 1. The van der Waals surface area contributed by atoms with E-state index in [4.69, 9.17) is 4.74 Å². The van der Waals surface area contributed by atoms with Crippen molar-refractivity contribution in [1.29, 1.82) is 0 Å². The molecule has 2 fully saturated rings. The number of carbonyl (C=O) groups is 2. The van der Waals surface area contributed by atoms with Crippen molar-refractivity contribution in [3.05, 3.63) is 30.0 Å². The molecule has 0 bridgehead atoms. The van der Waals surface area contributed by atoms with E-state index in [2.05, 4.69) is 10.4 Å². The molecule has 32 heavy (non-hydrogen) atoms. The normalized spacial score (nSPS) is 21.1. The summed E-state index contributed by atoms with van der Waals surface area (Å²) in [6, 6.07) is 7.03. The highest BCUT2D eigenvalue weighted by molar-refractivity contribution is 6.06. The van der Waals surface area contributed by atoms with Gasteiger partial charge in [-0.2, -0.15) is 5.10 Å². The van der Waals surface area contributed by atoms with Gasteiger partial charge in [-0.3, -0.25) is 14.3 Å². The Bertz CT molecular complexity index is 974. The molecule has 174 valence electrons. The number of aliphatic hydroxyl groups is 1. The van der Waals surface area contributed by atoms with Crippen molar-refractivity contribution in [1.82, 2.24) is 20.0 Å². The lowest BCUT2D eigenvalue weighted by Gasteiger charge is -2.33. The van der Waals surface area contributed by atoms with Crippen molar-refractivity contribution in [3.8, 4) is 0 Å². The lowest BCUT2D eigenvalue weighted by molar-refractivity contribution is -0.135. The minimum atomic E-state index is -0.709. The number of benzene rings is 1. The zero-order valence-electron chi connectivity index (χ0n) is 19.2. The summed E-state index contributed by atoms with van der Waals surface area (Å²) in [5, 5.41) is 18.3. The van der Waals surface area contributed by atoms with Crippen LogP contribution in [0.25, 0.3) is 10.9 Å². The van der Waals surface area contributed by atoms with Gasteiger partial charge in [0.25, 0.3) is 5.91 Å². The van der Waals surface area contributed by atoms with E-state index in [0.717, 1.165) is 43.5 Å². The van der Waals surface area contributed by atoms with Crippen molar-refractivity contribution in [2.24, 2.45) is 11.3 Å². The van der Waals surface area contributed by atoms with Crippen LogP contribution >= 0.6 is 0 Å². The second kappa shape index (κ2) is 9.19. The maximum absolute atomic E-state index is 13.4. The topological polar surface area (TPSA) is 96.7 Å². The highest BCUT2D eigenvalue weighted by Gasteiger charge is 2.38. The molecule has 8 nitrogen and oxygen atoms in total. The summed E-state index contributed by atoms with van der Waals surface area (Å²) in [6.07, 6.45) is 2.04. The van der Waals surface area contributed by atoms with Gasteiger partial charge in [0, 0.05) is 38.2 Å². The number of nitrogens with one attached hydrogen (secondary N) is 1. The number of rotatable bonds is 5. The van der Waals surface area contributed by atoms with Crippen LogP contribution in [0.2, 0.25) is 0 Å². The summed E-state index contributed by atoms with van der Waals surface area (Å²) in [6.45, 7) is 8.88. The van der Waals surface area contributed by atoms with E-state index in [-0.39, 0.29) is 11.8 Å². The molecule has 2 aromatic rings. The van der Waals surface area contributed by atoms with Gasteiger partial charge >= 0.3 is 0 Å². The summed E-state index contributed by atoms with van der Waals surface area (Å²) in [4.78, 5) is 28.2. The summed E-state index contributed by atoms with van der Waals surface area (Å²) in [7, 11) is 0. The predicted molar refractivity (Wildman–Crippen MR) is 121 cm³/mol. The summed E-state index contributed by atoms with van der Waals surface area (Å²) < 4.78 is 7.39. The minimum absolute atomic E-state index is 0.159. The quantitative estimate of drug-likeness (QED) is 0.740. The maximum atomic E-state index is 13.4. The van der Waals surface area contributed by atoms with Gasteiger partial charge in [0.05, 0.1) is 11.6 Å². The molecule has 0 saturated carbocycles. The fraction of sp³-hybridized carbons (Fsp3) is 0.625. The van der Waals surface area contributed by atoms with Crippen LogP contribution in [0, 0.1) is 11.3 Å². The molecule has 0 aliphatic carbocycles. The number of β-amino-alcohol motifs (C(OH)–C–C–N with tert-alkyl or cyclic N) is 1. The fourth-order valence-electron chi connectivity index (χ4n) is 4.58. The third kappa shape index (κ3) is 4.81. The number of ether oxygens (including phenoxy) is 1. The van der Waals surface area contributed by atoms with E-state index in [1.165, 1.54) is 0 Å². The first-order valence-corrected chi connectivity index (χ1v) is 11.5. The maximum Gasteiger partial charge on any atom is 0.273 e. The number of hydrogen-bond donors (Lipinski definition) is 2. The number of amides is 2. The second-order valence-electron chi connectivity index (χ2n) is 10.1. The lowest BCUT2D eigenvalue weighted by atomic mass is 9.85. The van der Waals surface area contributed by atoms with Crippen LogP contribution in [-0.4, -0.2) is 70.1 Å². The van der Waals surface area contributed by atoms with Crippen molar-refractivity contribution < 1.29 is 19.4 Å². The summed E-state index contributed by atoms with van der Waals surface area (Å²) in [5.41, 5.74) is 0.780. The van der Waals surface area contributed by atoms with Gasteiger partial charge < -0.3 is 20.1 Å². The molecule has 2 atom stereocenters. The number of para-hydroxylation sites is 1. The third-order valence-corrected chi connectivity index (χ3v) is 6.51. The van der Waals surface area contributed by atoms with Gasteiger partial charge in [-0.05, 0) is 36.7 Å². The van der Waals surface area contributed by atoms with E-state index in [1.807, 2.05) is 49.7 Å². The molecule has 1 aromatic carbocycles. The highest BCUT2D eigenvalue weighted by Crippen LogP contribution is 2.26. The van der Waals surface area contributed by atoms with Gasteiger partial charge in [0.1, 0.15) is 6.04 Å². The van der Waals surface area contributed by atoms with Crippen LogP contribution in [0.15, 0.2) is 24.3 Å². The van der Waals surface area contributed by atoms with E-state index in [0.29, 0.717) is 31.1 Å². The standard InChI is InChI=1S/C24H34N4O4/c1-24(2,3)21(23(31)27-11-8-17(29)15-27)25-22(30)20-18-6-4-5-7-19(18)28(26-20)14-16-9-12-32-13-10-16/h4-7,16-17,21,29H,8-15H2,1-3H3,(H,25,30). The Morgan fingerprint density at radius 2 is 1.94 bits per heavy atom. The molecule has 2 saturated heterocycles. The van der Waals surface area contributed by atoms with Crippen molar-refractivity contribution >= 4 is 22.7 Å². The zero-order chi connectivity index (χ0) is 22.9. The molecule has 0 radical (unpaired) electrons. The first-order chi connectivity index (χ1) is 15.2. The molecule has 2 unspecified atom stereocenters. The third-order valence-electron chi connectivity index (χ3n) is 6.51. The Kier molecular flexibility index (Phi) is 6.53. The minimum Gasteiger partial charge on any atom is -0.391 e. The van der Waals surface area contributed by atoms with Gasteiger partial charge in [-0.15, -0.1) is 0 Å². The van der Waals surface area contributed by atoms with Crippen molar-refractivity contribution in [3.63, 3.8) is 0 Å².